The van der Waals surface area contributed by atoms with E-state index >= 15 is 0 Å². The van der Waals surface area contributed by atoms with Gasteiger partial charge in [-0.3, -0.25) is 0 Å². The molecule has 0 N–H and O–H groups in total. The van der Waals surface area contributed by atoms with Crippen LogP contribution in [-0.4, -0.2) is 0 Å². The van der Waals surface area contributed by atoms with E-state index in [2.05, 4.69) is 215 Å². The van der Waals surface area contributed by atoms with Crippen molar-refractivity contribution in [1.82, 2.24) is 0 Å². The molecule has 12 rings (SSSR count). The monoisotopic (exact) mass is 846 g/mol. The normalized spacial score (nSPS) is 12.1. The average Bonchev–Trinajstić information content (AvgIpc) is 3.85. The van der Waals surface area contributed by atoms with Crippen LogP contribution in [0.25, 0.3) is 72.7 Å². The van der Waals surface area contributed by atoms with Crippen LogP contribution in [0.15, 0.2) is 164 Å². The van der Waals surface area contributed by atoms with Gasteiger partial charge in [0.15, 0.2) is 0 Å². The van der Waals surface area contributed by atoms with Gasteiger partial charge in [0.2, 0.25) is 0 Å². The maximum Gasteiger partial charge on any atom is 0.0640 e. The van der Waals surface area contributed by atoms with Crippen molar-refractivity contribution in [2.45, 2.75) is 47.5 Å². The van der Waals surface area contributed by atoms with Gasteiger partial charge in [0, 0.05) is 53.1 Å². The van der Waals surface area contributed by atoms with Crippen molar-refractivity contribution in [1.29, 1.82) is 0 Å². The first-order valence-electron chi connectivity index (χ1n) is 22.0. The molecule has 2 nitrogen and oxygen atoms in total. The van der Waals surface area contributed by atoms with Crippen molar-refractivity contribution >= 4 is 129 Å². The highest BCUT2D eigenvalue weighted by Gasteiger charge is 2.27. The third kappa shape index (κ3) is 5.96. The van der Waals surface area contributed by atoms with E-state index in [0.717, 1.165) is 0 Å². The molecule has 0 radical (unpaired) electrons. The summed E-state index contributed by atoms with van der Waals surface area (Å²) in [5, 5.41) is 12.9. The fourth-order valence-corrected chi connectivity index (χ4v) is 13.0. The lowest BCUT2D eigenvalue weighted by atomic mass is 9.86. The molecule has 0 spiro atoms. The maximum atomic E-state index is 2.57. The summed E-state index contributed by atoms with van der Waals surface area (Å²) in [5.41, 5.74) is 13.5. The molecule has 63 heavy (non-hydrogen) atoms. The van der Waals surface area contributed by atoms with Gasteiger partial charge in [0.25, 0.3) is 0 Å². The number of hydrogen-bond donors (Lipinski definition) is 0. The lowest BCUT2D eigenvalue weighted by Gasteiger charge is -2.31. The van der Waals surface area contributed by atoms with Gasteiger partial charge >= 0.3 is 0 Å². The highest BCUT2D eigenvalue weighted by Crippen LogP contribution is 2.53. The van der Waals surface area contributed by atoms with Gasteiger partial charge in [-0.05, 0) is 144 Å². The van der Waals surface area contributed by atoms with E-state index in [1.807, 2.05) is 22.7 Å². The van der Waals surface area contributed by atoms with E-state index in [-0.39, 0.29) is 0 Å². The average molecular weight is 847 g/mol. The number of nitrogens with zero attached hydrogens (tertiary/aromatic N) is 2. The Hall–Kier alpha value is -6.72. The zero-order valence-corrected chi connectivity index (χ0v) is 38.0. The highest BCUT2D eigenvalue weighted by molar-refractivity contribution is 7.26. The third-order valence-corrected chi connectivity index (χ3v) is 15.5. The second-order valence-electron chi connectivity index (χ2n) is 17.8. The fraction of sp³-hybridized carbons (Fsp3) is 0.119. The van der Waals surface area contributed by atoms with Crippen molar-refractivity contribution < 1.29 is 0 Å². The molecule has 4 heteroatoms. The fourth-order valence-electron chi connectivity index (χ4n) is 10.5. The Morgan fingerprint density at radius 3 is 1.38 bits per heavy atom. The molecule has 0 aliphatic carbocycles. The molecule has 0 aliphatic heterocycles. The standard InChI is InChI=1S/C59H46N2S2/c1-34(2)49-33-53(61(41-31-37(5)28-38(6)32-41)52-18-12-16-46-43-14-8-10-20-55(43)63-59(46)52)48-23-21-39-22-26-50(47-25-24-44(49)57(48)56(39)47)60(40-29-35(3)27-36(4)30-40)51-17-11-15-45-42-13-7-9-19-54(42)62-58(45)51/h7-34H,1-6H3. The van der Waals surface area contributed by atoms with Crippen molar-refractivity contribution in [2.24, 2.45) is 0 Å². The van der Waals surface area contributed by atoms with Crippen molar-refractivity contribution in [3.8, 4) is 0 Å². The number of rotatable bonds is 7. The predicted molar refractivity (Wildman–Crippen MR) is 278 cm³/mol. The molecule has 10 aromatic carbocycles. The van der Waals surface area contributed by atoms with Crippen molar-refractivity contribution in [3.05, 3.63) is 192 Å². The van der Waals surface area contributed by atoms with Gasteiger partial charge in [-0.1, -0.05) is 117 Å². The van der Waals surface area contributed by atoms with Gasteiger partial charge in [0.05, 0.1) is 32.1 Å². The van der Waals surface area contributed by atoms with Crippen molar-refractivity contribution in [3.63, 3.8) is 0 Å². The summed E-state index contributed by atoms with van der Waals surface area (Å²) in [4.78, 5) is 5.11. The number of anilines is 6. The van der Waals surface area contributed by atoms with E-state index in [1.54, 1.807) is 0 Å². The number of benzene rings is 10. The zero-order chi connectivity index (χ0) is 42.7. The molecule has 0 unspecified atom stereocenters. The predicted octanol–water partition coefficient (Wildman–Crippen LogP) is 18.6. The number of thiophene rings is 2. The first kappa shape index (κ1) is 38.0. The Kier molecular flexibility index (Phi) is 8.70. The minimum absolute atomic E-state index is 0.298. The van der Waals surface area contributed by atoms with Crippen LogP contribution < -0.4 is 9.80 Å². The quantitative estimate of drug-likeness (QED) is 0.147. The smallest absolute Gasteiger partial charge is 0.0640 e. The molecule has 0 saturated carbocycles. The Balaban J connectivity index is 1.19. The Bertz CT molecular complexity index is 3750. The van der Waals surface area contributed by atoms with Crippen LogP contribution in [0.5, 0.6) is 0 Å². The molecule has 0 amide bonds. The molecule has 12 aromatic rings. The molecule has 304 valence electrons. The molecule has 2 aromatic heterocycles. The topological polar surface area (TPSA) is 6.48 Å². The molecule has 0 bridgehead atoms. The first-order chi connectivity index (χ1) is 30.7. The molecule has 0 fully saturated rings. The van der Waals surface area contributed by atoms with E-state index in [4.69, 9.17) is 0 Å². The first-order valence-corrected chi connectivity index (χ1v) is 23.7. The summed E-state index contributed by atoms with van der Waals surface area (Å²) < 4.78 is 5.22. The summed E-state index contributed by atoms with van der Waals surface area (Å²) >= 11 is 3.79. The molecule has 0 aliphatic rings. The molecule has 0 saturated heterocycles. The Morgan fingerprint density at radius 2 is 0.825 bits per heavy atom. The van der Waals surface area contributed by atoms with Crippen LogP contribution in [0.2, 0.25) is 0 Å². The van der Waals surface area contributed by atoms with E-state index in [0.29, 0.717) is 5.92 Å². The molecular formula is C59H46N2S2. The van der Waals surface area contributed by atoms with Gasteiger partial charge in [0.1, 0.15) is 0 Å². The van der Waals surface area contributed by atoms with Gasteiger partial charge in [-0.2, -0.15) is 0 Å². The van der Waals surface area contributed by atoms with Crippen LogP contribution in [0.3, 0.4) is 0 Å². The molecule has 2 heterocycles. The summed E-state index contributed by atoms with van der Waals surface area (Å²) in [6, 6.07) is 62.2. The maximum absolute atomic E-state index is 2.57. The SMILES string of the molecule is Cc1cc(C)cc(N(c2ccc3ccc4c(N(c5cc(C)cc(C)c5)c5cccc6c5sc5ccccc56)cc(C(C)C)c5ccc2c3c54)c2cccc3c2sc2ccccc23)c1. The minimum Gasteiger partial charge on any atom is -0.308 e. The summed E-state index contributed by atoms with van der Waals surface area (Å²) in [7, 11) is 0. The second-order valence-corrected chi connectivity index (χ2v) is 19.9. The summed E-state index contributed by atoms with van der Waals surface area (Å²) in [5.74, 6) is 0.298. The Labute approximate surface area is 376 Å². The number of aryl methyl sites for hydroxylation is 4. The largest absolute Gasteiger partial charge is 0.308 e. The van der Waals surface area contributed by atoms with Gasteiger partial charge in [-0.15, -0.1) is 22.7 Å². The number of hydrogen-bond acceptors (Lipinski definition) is 4. The minimum atomic E-state index is 0.298. The Morgan fingerprint density at radius 1 is 0.365 bits per heavy atom. The van der Waals surface area contributed by atoms with Gasteiger partial charge < -0.3 is 9.80 Å². The molecular weight excluding hydrogens is 801 g/mol. The van der Waals surface area contributed by atoms with E-state index in [1.165, 1.54) is 135 Å². The molecule has 0 atom stereocenters. The second kappa shape index (κ2) is 14.4. The highest BCUT2D eigenvalue weighted by atomic mass is 32.1. The van der Waals surface area contributed by atoms with E-state index in [9.17, 15) is 0 Å². The summed E-state index contributed by atoms with van der Waals surface area (Å²) in [6.45, 7) is 13.6. The lowest BCUT2D eigenvalue weighted by Crippen LogP contribution is -2.13. The van der Waals surface area contributed by atoms with Crippen LogP contribution >= 0.6 is 22.7 Å². The van der Waals surface area contributed by atoms with Crippen LogP contribution in [0.4, 0.5) is 34.1 Å². The lowest BCUT2D eigenvalue weighted by molar-refractivity contribution is 0.876. The van der Waals surface area contributed by atoms with E-state index < -0.39 is 0 Å². The number of fused-ring (bicyclic) bond motifs is 6. The van der Waals surface area contributed by atoms with Gasteiger partial charge in [-0.25, -0.2) is 0 Å². The van der Waals surface area contributed by atoms with Crippen LogP contribution in [0, 0.1) is 27.7 Å². The zero-order valence-electron chi connectivity index (χ0n) is 36.4. The van der Waals surface area contributed by atoms with Crippen molar-refractivity contribution in [2.75, 3.05) is 9.80 Å². The van der Waals surface area contributed by atoms with Crippen LogP contribution in [-0.2, 0) is 0 Å². The third-order valence-electron chi connectivity index (χ3n) is 13.1. The summed E-state index contributed by atoms with van der Waals surface area (Å²) in [6.07, 6.45) is 0. The van der Waals surface area contributed by atoms with Crippen LogP contribution in [0.1, 0.15) is 47.6 Å².